The van der Waals surface area contributed by atoms with Crippen molar-refractivity contribution in [2.75, 3.05) is 0 Å². The Bertz CT molecular complexity index is 1520. The summed E-state index contributed by atoms with van der Waals surface area (Å²) in [6.07, 6.45) is 0. The van der Waals surface area contributed by atoms with Crippen molar-refractivity contribution in [1.82, 2.24) is 0 Å². The second-order valence-electron chi connectivity index (χ2n) is 10.5. The summed E-state index contributed by atoms with van der Waals surface area (Å²) in [4.78, 5) is 0. The summed E-state index contributed by atoms with van der Waals surface area (Å²) >= 11 is 0. The van der Waals surface area contributed by atoms with Crippen molar-refractivity contribution < 1.29 is 5.11 Å². The molecule has 0 radical (unpaired) electrons. The van der Waals surface area contributed by atoms with Crippen molar-refractivity contribution in [3.05, 3.63) is 170 Å². The highest BCUT2D eigenvalue weighted by atomic mass is 16.3. The average Bonchev–Trinajstić information content (AvgIpc) is 2.92. The molecule has 0 unspecified atom stereocenters. The molecule has 5 aromatic carbocycles. The molecule has 0 heterocycles. The molecule has 4 bridgehead atoms. The van der Waals surface area contributed by atoms with E-state index in [1.165, 1.54) is 55.6 Å². The molecule has 0 atom stereocenters. The summed E-state index contributed by atoms with van der Waals surface area (Å²) in [7, 11) is 0. The molecule has 0 saturated carbocycles. The minimum atomic E-state index is 0.0821. The summed E-state index contributed by atoms with van der Waals surface area (Å²) in [5.41, 5.74) is 15.8. The van der Waals surface area contributed by atoms with Gasteiger partial charge in [-0.25, -0.2) is 0 Å². The van der Waals surface area contributed by atoms with Crippen LogP contribution in [0, 0.1) is 0 Å². The van der Waals surface area contributed by atoms with E-state index in [-0.39, 0.29) is 23.7 Å². The first kappa shape index (κ1) is 18.3. The Labute approximate surface area is 204 Å². The van der Waals surface area contributed by atoms with Gasteiger partial charge in [0.05, 0.1) is 0 Å². The van der Waals surface area contributed by atoms with Gasteiger partial charge in [-0.1, -0.05) is 103 Å². The van der Waals surface area contributed by atoms with Gasteiger partial charge in [-0.3, -0.25) is 0 Å². The van der Waals surface area contributed by atoms with Gasteiger partial charge in [0.25, 0.3) is 0 Å². The van der Waals surface area contributed by atoms with E-state index < -0.39 is 0 Å². The lowest BCUT2D eigenvalue weighted by molar-refractivity contribution is 0.450. The second-order valence-corrected chi connectivity index (χ2v) is 10.5. The highest BCUT2D eigenvalue weighted by Gasteiger charge is 2.48. The smallest absolute Gasteiger partial charge is 0.124 e. The van der Waals surface area contributed by atoms with E-state index >= 15 is 0 Å². The number of phenolic OH excluding ortho intramolecular Hbond substituents is 1. The van der Waals surface area contributed by atoms with Crippen LogP contribution in [-0.2, 0) is 0 Å². The van der Waals surface area contributed by atoms with E-state index in [0.717, 1.165) is 11.1 Å². The molecule has 0 saturated heterocycles. The highest BCUT2D eigenvalue weighted by molar-refractivity contribution is 5.77. The topological polar surface area (TPSA) is 20.2 Å². The van der Waals surface area contributed by atoms with Gasteiger partial charge >= 0.3 is 0 Å². The second kappa shape index (κ2) is 6.12. The Hall–Kier alpha value is -4.10. The fourth-order valence-electron chi connectivity index (χ4n) is 7.93. The van der Waals surface area contributed by atoms with Crippen molar-refractivity contribution in [2.45, 2.75) is 23.7 Å². The molecule has 5 aromatic rings. The molecule has 6 aliphatic carbocycles. The number of hydrogen-bond acceptors (Lipinski definition) is 1. The molecule has 1 heteroatoms. The van der Waals surface area contributed by atoms with E-state index in [1.54, 1.807) is 0 Å². The maximum atomic E-state index is 12.2. The van der Waals surface area contributed by atoms with Gasteiger partial charge in [0.2, 0.25) is 0 Å². The number of phenols is 1. The highest BCUT2D eigenvalue weighted by Crippen LogP contribution is 2.64. The molecule has 6 aliphatic rings. The molecule has 1 N–H and O–H groups in total. The predicted molar refractivity (Wildman–Crippen MR) is 138 cm³/mol. The van der Waals surface area contributed by atoms with Gasteiger partial charge in [-0.2, -0.15) is 0 Å². The van der Waals surface area contributed by atoms with Crippen LogP contribution in [0.15, 0.2) is 103 Å². The van der Waals surface area contributed by atoms with Gasteiger partial charge in [0.15, 0.2) is 0 Å². The van der Waals surface area contributed by atoms with Crippen LogP contribution in [-0.4, -0.2) is 5.11 Å². The minimum Gasteiger partial charge on any atom is -0.507 e. The van der Waals surface area contributed by atoms with Crippen LogP contribution in [0.25, 0.3) is 0 Å². The Morgan fingerprint density at radius 3 is 0.886 bits per heavy atom. The zero-order valence-corrected chi connectivity index (χ0v) is 19.1. The minimum absolute atomic E-state index is 0.0821. The maximum Gasteiger partial charge on any atom is 0.124 e. The normalized spacial score (nSPS) is 23.0. The lowest BCUT2D eigenvalue weighted by Crippen LogP contribution is -2.32. The van der Waals surface area contributed by atoms with Crippen LogP contribution in [0.3, 0.4) is 0 Å². The Balaban J connectivity index is 1.40. The standard InChI is InChI=1S/C34H22O/c35-34-32-26(28-18-9-1-5-13-22(18)30(32)23-14-6-2-10-19(23)28)17-27-29-20-11-3-7-15-24(20)31(33(27)34)25-16-8-4-12-21(25)29/h1-17,28-31,35H. The van der Waals surface area contributed by atoms with Crippen LogP contribution in [0.5, 0.6) is 5.75 Å². The Kier molecular flexibility index (Phi) is 3.19. The van der Waals surface area contributed by atoms with Crippen molar-refractivity contribution in [3.8, 4) is 5.75 Å². The van der Waals surface area contributed by atoms with Gasteiger partial charge < -0.3 is 5.11 Å². The number of rotatable bonds is 0. The van der Waals surface area contributed by atoms with Crippen LogP contribution in [0.4, 0.5) is 0 Å². The molecule has 1 nitrogen and oxygen atoms in total. The molecule has 164 valence electrons. The molecule has 0 fully saturated rings. The molecular formula is C34H22O. The van der Waals surface area contributed by atoms with Crippen LogP contribution in [0.2, 0.25) is 0 Å². The van der Waals surface area contributed by atoms with Crippen LogP contribution >= 0.6 is 0 Å². The van der Waals surface area contributed by atoms with Crippen molar-refractivity contribution in [3.63, 3.8) is 0 Å². The van der Waals surface area contributed by atoms with Gasteiger partial charge in [0, 0.05) is 34.8 Å². The quantitative estimate of drug-likeness (QED) is 0.258. The molecule has 11 rings (SSSR count). The summed E-state index contributed by atoms with van der Waals surface area (Å²) in [5, 5.41) is 12.2. The summed E-state index contributed by atoms with van der Waals surface area (Å²) in [6, 6.07) is 37.9. The fourth-order valence-corrected chi connectivity index (χ4v) is 7.93. The Morgan fingerprint density at radius 2 is 0.600 bits per heavy atom. The SMILES string of the molecule is Oc1c2c(cc3c1C1c4ccccc4C3c3ccccc31)C1c3ccccc3C2c2ccccc21. The van der Waals surface area contributed by atoms with E-state index in [1.807, 2.05) is 0 Å². The third-order valence-corrected chi connectivity index (χ3v) is 9.11. The lowest BCUT2D eigenvalue weighted by atomic mass is 9.56. The fraction of sp³-hybridized carbons (Fsp3) is 0.118. The first-order chi connectivity index (χ1) is 17.3. The number of hydrogen-bond donors (Lipinski definition) is 1. The Morgan fingerprint density at radius 1 is 0.343 bits per heavy atom. The van der Waals surface area contributed by atoms with Gasteiger partial charge in [0.1, 0.15) is 5.75 Å². The van der Waals surface area contributed by atoms with E-state index in [4.69, 9.17) is 0 Å². The zero-order chi connectivity index (χ0) is 22.8. The number of benzene rings is 5. The molecule has 0 aliphatic heterocycles. The van der Waals surface area contributed by atoms with E-state index in [0.29, 0.717) is 5.75 Å². The summed E-state index contributed by atoms with van der Waals surface area (Å²) in [5.74, 6) is 1.03. The van der Waals surface area contributed by atoms with Gasteiger partial charge in [-0.15, -0.1) is 0 Å². The van der Waals surface area contributed by atoms with Gasteiger partial charge in [-0.05, 0) is 55.6 Å². The van der Waals surface area contributed by atoms with Crippen molar-refractivity contribution >= 4 is 0 Å². The predicted octanol–water partition coefficient (Wildman–Crippen LogP) is 7.37. The third kappa shape index (κ3) is 2.00. The van der Waals surface area contributed by atoms with Crippen LogP contribution < -0.4 is 0 Å². The zero-order valence-electron chi connectivity index (χ0n) is 19.1. The van der Waals surface area contributed by atoms with Crippen molar-refractivity contribution in [2.24, 2.45) is 0 Å². The molecule has 0 aromatic heterocycles. The maximum absolute atomic E-state index is 12.2. The first-order valence-corrected chi connectivity index (χ1v) is 12.6. The largest absolute Gasteiger partial charge is 0.507 e. The third-order valence-electron chi connectivity index (χ3n) is 9.11. The lowest BCUT2D eigenvalue weighted by Gasteiger charge is -2.47. The van der Waals surface area contributed by atoms with Crippen molar-refractivity contribution in [1.29, 1.82) is 0 Å². The molecular weight excluding hydrogens is 424 g/mol. The molecule has 0 spiro atoms. The van der Waals surface area contributed by atoms with Crippen LogP contribution in [0.1, 0.15) is 90.4 Å². The average molecular weight is 447 g/mol. The first-order valence-electron chi connectivity index (χ1n) is 12.6. The summed E-state index contributed by atoms with van der Waals surface area (Å²) in [6.45, 7) is 0. The van der Waals surface area contributed by atoms with E-state index in [9.17, 15) is 5.11 Å². The monoisotopic (exact) mass is 446 g/mol. The summed E-state index contributed by atoms with van der Waals surface area (Å²) < 4.78 is 0. The molecule has 35 heavy (non-hydrogen) atoms. The number of aromatic hydroxyl groups is 1. The molecule has 0 amide bonds. The van der Waals surface area contributed by atoms with E-state index in [2.05, 4.69) is 103 Å².